The van der Waals surface area contributed by atoms with E-state index >= 15 is 0 Å². The van der Waals surface area contributed by atoms with Crippen molar-refractivity contribution in [3.8, 4) is 0 Å². The first-order valence-corrected chi connectivity index (χ1v) is 11.7. The molecule has 2 aromatic carbocycles. The van der Waals surface area contributed by atoms with Gasteiger partial charge in [-0.25, -0.2) is 0 Å². The van der Waals surface area contributed by atoms with Crippen molar-refractivity contribution in [2.75, 3.05) is 18.0 Å². The molecule has 1 saturated heterocycles. The highest BCUT2D eigenvalue weighted by Gasteiger charge is 2.45. The molecule has 1 aliphatic carbocycles. The Kier molecular flexibility index (Phi) is 4.79. The van der Waals surface area contributed by atoms with Crippen molar-refractivity contribution < 1.29 is 17.8 Å². The number of anilines is 1. The van der Waals surface area contributed by atoms with E-state index in [0.29, 0.717) is 25.1 Å². The van der Waals surface area contributed by atoms with E-state index in [1.807, 2.05) is 48.5 Å². The van der Waals surface area contributed by atoms with E-state index in [1.165, 1.54) is 6.08 Å². The molecule has 1 fully saturated rings. The number of Topliss-reactive ketones (excluding diaryl/α,β-unsaturated/α-hetero) is 1. The summed E-state index contributed by atoms with van der Waals surface area (Å²) in [6, 6.07) is 20.1. The van der Waals surface area contributed by atoms with Crippen molar-refractivity contribution in [3.05, 3.63) is 100 Å². The normalized spacial score (nSPS) is 20.9. The molecule has 2 aliphatic heterocycles. The number of benzene rings is 2. The maximum absolute atomic E-state index is 13.1. The number of piperidine rings is 1. The molecular formula is C24H22N2O4S. The van der Waals surface area contributed by atoms with Gasteiger partial charge in [0.2, 0.25) is 5.78 Å². The summed E-state index contributed by atoms with van der Waals surface area (Å²) in [4.78, 5) is 17.0. The van der Waals surface area contributed by atoms with E-state index in [-0.39, 0.29) is 6.04 Å². The number of rotatable bonds is 4. The maximum Gasteiger partial charge on any atom is 0.298 e. The first-order valence-electron chi connectivity index (χ1n) is 10.2. The molecule has 0 bridgehead atoms. The number of nitrogens with zero attached hydrogens (tertiary/aromatic N) is 2. The Bertz CT molecular complexity index is 1230. The number of hydrogen-bond acceptors (Lipinski definition) is 5. The predicted molar refractivity (Wildman–Crippen MR) is 119 cm³/mol. The first-order chi connectivity index (χ1) is 14.9. The minimum Gasteiger partial charge on any atom is -0.369 e. The van der Waals surface area contributed by atoms with E-state index in [9.17, 15) is 17.8 Å². The molecule has 31 heavy (non-hydrogen) atoms. The fourth-order valence-corrected chi connectivity index (χ4v) is 5.31. The third-order valence-corrected chi connectivity index (χ3v) is 7.03. The Morgan fingerprint density at radius 3 is 2.32 bits per heavy atom. The summed E-state index contributed by atoms with van der Waals surface area (Å²) in [7, 11) is -4.58. The second-order valence-electron chi connectivity index (χ2n) is 7.95. The molecule has 0 aromatic heterocycles. The highest BCUT2D eigenvalue weighted by Crippen LogP contribution is 2.43. The largest absolute Gasteiger partial charge is 0.369 e. The summed E-state index contributed by atoms with van der Waals surface area (Å²) in [6.07, 6.45) is 3.53. The smallest absolute Gasteiger partial charge is 0.298 e. The molecule has 0 spiro atoms. The summed E-state index contributed by atoms with van der Waals surface area (Å²) in [5, 5.41) is 0. The SMILES string of the molecule is O=C1C(S(=O)(=O)O)=CC=C2C1=C1CCN(c3ccccc3)CC1N2Cc1ccccc1. The van der Waals surface area contributed by atoms with Crippen molar-refractivity contribution in [3.63, 3.8) is 0 Å². The zero-order valence-corrected chi connectivity index (χ0v) is 17.6. The van der Waals surface area contributed by atoms with Gasteiger partial charge < -0.3 is 9.80 Å². The molecule has 0 radical (unpaired) electrons. The Labute approximate surface area is 181 Å². The number of para-hydroxylation sites is 1. The van der Waals surface area contributed by atoms with Crippen LogP contribution in [-0.4, -0.2) is 42.8 Å². The average molecular weight is 435 g/mol. The molecule has 6 nitrogen and oxygen atoms in total. The fourth-order valence-electron chi connectivity index (χ4n) is 4.73. The van der Waals surface area contributed by atoms with Crippen LogP contribution in [0.2, 0.25) is 0 Å². The topological polar surface area (TPSA) is 77.9 Å². The monoisotopic (exact) mass is 434 g/mol. The van der Waals surface area contributed by atoms with Gasteiger partial charge in [0.15, 0.2) is 0 Å². The minimum atomic E-state index is -4.58. The lowest BCUT2D eigenvalue weighted by atomic mass is 9.92. The number of hydrogen-bond donors (Lipinski definition) is 1. The van der Waals surface area contributed by atoms with Crippen LogP contribution in [0, 0.1) is 0 Å². The highest BCUT2D eigenvalue weighted by atomic mass is 32.2. The molecule has 0 saturated carbocycles. The van der Waals surface area contributed by atoms with Crippen LogP contribution in [0.3, 0.4) is 0 Å². The Hall–Kier alpha value is -3.16. The zero-order chi connectivity index (χ0) is 21.6. The van der Waals surface area contributed by atoms with Crippen molar-refractivity contribution in [1.29, 1.82) is 0 Å². The van der Waals surface area contributed by atoms with Crippen molar-refractivity contribution >= 4 is 21.6 Å². The average Bonchev–Trinajstić information content (AvgIpc) is 3.08. The van der Waals surface area contributed by atoms with Gasteiger partial charge >= 0.3 is 0 Å². The summed E-state index contributed by atoms with van der Waals surface area (Å²) in [6.45, 7) is 2.04. The molecular weight excluding hydrogens is 412 g/mol. The molecule has 5 rings (SSSR count). The lowest BCUT2D eigenvalue weighted by Gasteiger charge is -2.39. The third-order valence-electron chi connectivity index (χ3n) is 6.15. The molecule has 7 heteroatoms. The van der Waals surface area contributed by atoms with E-state index in [2.05, 4.69) is 21.9 Å². The quantitative estimate of drug-likeness (QED) is 0.744. The van der Waals surface area contributed by atoms with Crippen LogP contribution in [0.1, 0.15) is 12.0 Å². The van der Waals surface area contributed by atoms with Crippen LogP contribution >= 0.6 is 0 Å². The fraction of sp³-hybridized carbons (Fsp3) is 0.208. The molecule has 1 N–H and O–H groups in total. The van der Waals surface area contributed by atoms with Gasteiger partial charge in [0.25, 0.3) is 10.1 Å². The number of allylic oxidation sites excluding steroid dienone is 4. The highest BCUT2D eigenvalue weighted by molar-refractivity contribution is 7.90. The van der Waals surface area contributed by atoms with Crippen molar-refractivity contribution in [1.82, 2.24) is 4.90 Å². The van der Waals surface area contributed by atoms with Crippen LogP contribution in [0.25, 0.3) is 0 Å². The van der Waals surface area contributed by atoms with Gasteiger partial charge in [-0.2, -0.15) is 8.42 Å². The van der Waals surface area contributed by atoms with E-state index in [1.54, 1.807) is 6.08 Å². The maximum atomic E-state index is 13.1. The minimum absolute atomic E-state index is 0.0477. The second kappa shape index (κ2) is 7.51. The summed E-state index contributed by atoms with van der Waals surface area (Å²) in [5.41, 5.74) is 4.35. The van der Waals surface area contributed by atoms with Gasteiger partial charge in [-0.05, 0) is 41.8 Å². The molecule has 1 atom stereocenters. The molecule has 2 aromatic rings. The second-order valence-corrected chi connectivity index (χ2v) is 9.34. The predicted octanol–water partition coefficient (Wildman–Crippen LogP) is 3.32. The van der Waals surface area contributed by atoms with Crippen molar-refractivity contribution in [2.45, 2.75) is 19.0 Å². The number of fused-ring (bicyclic) bond motifs is 2. The van der Waals surface area contributed by atoms with Gasteiger partial charge in [0.1, 0.15) is 4.91 Å². The molecule has 3 aliphatic rings. The molecule has 2 heterocycles. The Morgan fingerprint density at radius 2 is 1.65 bits per heavy atom. The van der Waals surface area contributed by atoms with E-state index < -0.39 is 20.8 Å². The van der Waals surface area contributed by atoms with Gasteiger partial charge in [-0.15, -0.1) is 0 Å². The summed E-state index contributed by atoms with van der Waals surface area (Å²) >= 11 is 0. The number of carbonyl (C=O) groups excluding carboxylic acids is 1. The van der Waals surface area contributed by atoms with Crippen LogP contribution in [-0.2, 0) is 21.5 Å². The first kappa shape index (κ1) is 19.8. The van der Waals surface area contributed by atoms with Crippen LogP contribution in [0.4, 0.5) is 5.69 Å². The molecule has 158 valence electrons. The van der Waals surface area contributed by atoms with Crippen molar-refractivity contribution in [2.24, 2.45) is 0 Å². The molecule has 0 amide bonds. The lowest BCUT2D eigenvalue weighted by Crippen LogP contribution is -2.45. The third kappa shape index (κ3) is 3.49. The Balaban J connectivity index is 1.57. The van der Waals surface area contributed by atoms with Gasteiger partial charge in [-0.1, -0.05) is 48.5 Å². The number of carbonyl (C=O) groups is 1. The summed E-state index contributed by atoms with van der Waals surface area (Å²) < 4.78 is 33.0. The van der Waals surface area contributed by atoms with Gasteiger partial charge in [-0.3, -0.25) is 9.35 Å². The van der Waals surface area contributed by atoms with Crippen LogP contribution in [0.15, 0.2) is 94.6 Å². The van der Waals surface area contributed by atoms with Crippen LogP contribution in [0.5, 0.6) is 0 Å². The molecule has 1 unspecified atom stereocenters. The zero-order valence-electron chi connectivity index (χ0n) is 16.8. The van der Waals surface area contributed by atoms with E-state index in [4.69, 9.17) is 0 Å². The standard InChI is InChI=1S/C24H22N2O4S/c27-24-22(31(28,29)30)12-11-20-23(24)19-13-14-25(18-9-5-2-6-10-18)16-21(19)26(20)15-17-7-3-1-4-8-17/h1-12,21H,13-16H2,(H,28,29,30). The Morgan fingerprint density at radius 1 is 0.968 bits per heavy atom. The van der Waals surface area contributed by atoms with Gasteiger partial charge in [0, 0.05) is 36.6 Å². The van der Waals surface area contributed by atoms with Crippen LogP contribution < -0.4 is 4.90 Å². The summed E-state index contributed by atoms with van der Waals surface area (Å²) in [5.74, 6) is -0.608. The number of ketones is 1. The lowest BCUT2D eigenvalue weighted by molar-refractivity contribution is -0.111. The van der Waals surface area contributed by atoms with Gasteiger partial charge in [0.05, 0.1) is 6.04 Å². The van der Waals surface area contributed by atoms with E-state index in [0.717, 1.165) is 29.1 Å².